The lowest BCUT2D eigenvalue weighted by Crippen LogP contribution is -2.12. The minimum Gasteiger partial charge on any atom is -0.423 e. The van der Waals surface area contributed by atoms with Crippen molar-refractivity contribution in [2.75, 3.05) is 0 Å². The third kappa shape index (κ3) is 6.01. The molecule has 0 N–H and O–H groups in total. The van der Waals surface area contributed by atoms with E-state index in [-0.39, 0.29) is 23.7 Å². The zero-order chi connectivity index (χ0) is 29.1. The Morgan fingerprint density at radius 1 is 0.800 bits per heavy atom. The number of ether oxygens (including phenoxy) is 2. The Morgan fingerprint density at radius 3 is 2.00 bits per heavy atom. The summed E-state index contributed by atoms with van der Waals surface area (Å²) in [4.78, 5) is 36.6. The second-order valence-electron chi connectivity index (χ2n) is 10.2. The van der Waals surface area contributed by atoms with Crippen LogP contribution >= 0.6 is 0 Å². The summed E-state index contributed by atoms with van der Waals surface area (Å²) in [6.45, 7) is 15.8. The van der Waals surface area contributed by atoms with Gasteiger partial charge in [0.2, 0.25) is 0 Å². The highest BCUT2D eigenvalue weighted by Gasteiger charge is 2.32. The van der Waals surface area contributed by atoms with E-state index in [1.807, 2.05) is 6.07 Å². The Bertz CT molecular complexity index is 1560. The van der Waals surface area contributed by atoms with Gasteiger partial charge in [0.05, 0.1) is 0 Å². The number of benzene rings is 3. The molecule has 0 aliphatic heterocycles. The Morgan fingerprint density at radius 2 is 1.40 bits per heavy atom. The maximum Gasteiger partial charge on any atom is 0.338 e. The first-order valence-corrected chi connectivity index (χ1v) is 13.0. The van der Waals surface area contributed by atoms with Crippen LogP contribution in [-0.2, 0) is 20.8 Å². The molecule has 6 heteroatoms. The molecule has 0 heterocycles. The smallest absolute Gasteiger partial charge is 0.338 e. The van der Waals surface area contributed by atoms with E-state index in [2.05, 4.69) is 19.7 Å². The van der Waals surface area contributed by atoms with E-state index < -0.39 is 17.8 Å². The van der Waals surface area contributed by atoms with Crippen molar-refractivity contribution in [2.45, 2.75) is 46.0 Å². The molecule has 0 saturated heterocycles. The van der Waals surface area contributed by atoms with Gasteiger partial charge in [-0.1, -0.05) is 50.1 Å². The predicted molar refractivity (Wildman–Crippen MR) is 154 cm³/mol. The maximum absolute atomic E-state index is 15.6. The molecule has 0 fully saturated rings. The third-order valence-corrected chi connectivity index (χ3v) is 6.93. The normalized spacial score (nSPS) is 13.8. The molecule has 5 nitrogen and oxygen atoms in total. The summed E-state index contributed by atoms with van der Waals surface area (Å²) >= 11 is 0. The van der Waals surface area contributed by atoms with Gasteiger partial charge in [0.15, 0.2) is 5.78 Å². The van der Waals surface area contributed by atoms with Gasteiger partial charge in [0.25, 0.3) is 0 Å². The number of halogens is 1. The lowest BCUT2D eigenvalue weighted by Gasteiger charge is -2.18. The molecule has 0 saturated carbocycles. The molecule has 0 bridgehead atoms. The van der Waals surface area contributed by atoms with Crippen LogP contribution in [0.4, 0.5) is 4.39 Å². The molecule has 40 heavy (non-hydrogen) atoms. The molecular weight excluding hydrogens is 507 g/mol. The van der Waals surface area contributed by atoms with Crippen LogP contribution < -0.4 is 9.47 Å². The van der Waals surface area contributed by atoms with E-state index in [4.69, 9.17) is 9.47 Å². The lowest BCUT2D eigenvalue weighted by atomic mass is 9.90. The highest BCUT2D eigenvalue weighted by atomic mass is 19.1. The summed E-state index contributed by atoms with van der Waals surface area (Å²) < 4.78 is 26.5. The summed E-state index contributed by atoms with van der Waals surface area (Å²) in [6, 6.07) is 15.2. The van der Waals surface area contributed by atoms with Crippen LogP contribution in [0.5, 0.6) is 11.5 Å². The molecule has 1 aliphatic rings. The van der Waals surface area contributed by atoms with Crippen molar-refractivity contribution >= 4 is 17.7 Å². The van der Waals surface area contributed by atoms with E-state index >= 15 is 4.39 Å². The summed E-state index contributed by atoms with van der Waals surface area (Å²) in [5, 5.41) is 0. The molecule has 3 aromatic carbocycles. The van der Waals surface area contributed by atoms with Gasteiger partial charge in [-0.05, 0) is 91.6 Å². The monoisotopic (exact) mass is 538 g/mol. The Balaban J connectivity index is 1.69. The number of ketones is 1. The second kappa shape index (κ2) is 11.7. The number of allylic oxidation sites excluding steroid dienone is 1. The standard InChI is InChI=1S/C34H31FO5/c1-19(2)30(36)18-24-10-14-28-26(15-16-31(32(24)28)40-34(38)21(5)6)27-13-9-23(17-29(27)35)22-7-11-25(12-8-22)39-33(37)20(3)4/h7-9,11-13,15-17,24H,1,3,5,10,14,18H2,2,4,6H3. The summed E-state index contributed by atoms with van der Waals surface area (Å²) in [5.74, 6) is -0.969. The van der Waals surface area contributed by atoms with E-state index in [0.29, 0.717) is 52.2 Å². The topological polar surface area (TPSA) is 69.7 Å². The minimum absolute atomic E-state index is 0.0589. The van der Waals surface area contributed by atoms with E-state index in [0.717, 1.165) is 16.7 Å². The predicted octanol–water partition coefficient (Wildman–Crippen LogP) is 7.69. The van der Waals surface area contributed by atoms with Gasteiger partial charge >= 0.3 is 11.9 Å². The SMILES string of the molecule is C=C(C)C(=O)CC1CCc2c(-c3ccc(-c4ccc(OC(=O)C(=C)C)cc4)cc3F)ccc(OC(=O)C(=C)C)c21. The summed E-state index contributed by atoms with van der Waals surface area (Å²) in [6.07, 6.45) is 1.52. The molecule has 0 amide bonds. The first-order valence-electron chi connectivity index (χ1n) is 13.0. The molecule has 0 spiro atoms. The molecule has 1 aliphatic carbocycles. The van der Waals surface area contributed by atoms with Crippen LogP contribution in [0.15, 0.2) is 91.1 Å². The zero-order valence-corrected chi connectivity index (χ0v) is 22.9. The number of fused-ring (bicyclic) bond motifs is 1. The molecule has 0 radical (unpaired) electrons. The second-order valence-corrected chi connectivity index (χ2v) is 10.2. The summed E-state index contributed by atoms with van der Waals surface area (Å²) in [5.41, 5.74) is 5.16. The van der Waals surface area contributed by atoms with E-state index in [1.165, 1.54) is 6.07 Å². The minimum atomic E-state index is -0.553. The van der Waals surface area contributed by atoms with Crippen molar-refractivity contribution in [3.8, 4) is 33.8 Å². The Kier molecular flexibility index (Phi) is 8.29. The number of Topliss-reactive ketones (excluding diaryl/α,β-unsaturated/α-hetero) is 1. The molecule has 1 unspecified atom stereocenters. The number of hydrogen-bond donors (Lipinski definition) is 0. The van der Waals surface area contributed by atoms with Crippen molar-refractivity contribution in [2.24, 2.45) is 0 Å². The van der Waals surface area contributed by atoms with Crippen molar-refractivity contribution < 1.29 is 28.2 Å². The number of carbonyl (C=O) groups is 3. The molecule has 3 aromatic rings. The van der Waals surface area contributed by atoms with Crippen LogP contribution in [0.2, 0.25) is 0 Å². The number of esters is 2. The molecule has 204 valence electrons. The molecular formula is C34H31FO5. The van der Waals surface area contributed by atoms with Crippen molar-refractivity contribution in [3.63, 3.8) is 0 Å². The highest BCUT2D eigenvalue weighted by molar-refractivity contribution is 5.95. The quantitative estimate of drug-likeness (QED) is 0.159. The van der Waals surface area contributed by atoms with Crippen LogP contribution in [-0.4, -0.2) is 17.7 Å². The van der Waals surface area contributed by atoms with Crippen molar-refractivity contribution in [3.05, 3.63) is 108 Å². The van der Waals surface area contributed by atoms with Gasteiger partial charge < -0.3 is 9.47 Å². The maximum atomic E-state index is 15.6. The zero-order valence-electron chi connectivity index (χ0n) is 22.9. The number of hydrogen-bond acceptors (Lipinski definition) is 5. The first-order chi connectivity index (χ1) is 19.0. The van der Waals surface area contributed by atoms with E-state index in [1.54, 1.807) is 63.2 Å². The van der Waals surface area contributed by atoms with E-state index in [9.17, 15) is 14.4 Å². The van der Waals surface area contributed by atoms with Crippen molar-refractivity contribution in [1.29, 1.82) is 0 Å². The largest absolute Gasteiger partial charge is 0.423 e. The van der Waals surface area contributed by atoms with Gasteiger partial charge in [0.1, 0.15) is 17.3 Å². The third-order valence-electron chi connectivity index (χ3n) is 6.93. The van der Waals surface area contributed by atoms with Crippen LogP contribution in [0.1, 0.15) is 50.7 Å². The number of carbonyl (C=O) groups excluding carboxylic acids is 3. The van der Waals surface area contributed by atoms with Gasteiger partial charge in [-0.3, -0.25) is 4.79 Å². The average Bonchev–Trinajstić information content (AvgIpc) is 3.33. The van der Waals surface area contributed by atoms with Crippen molar-refractivity contribution in [1.82, 2.24) is 0 Å². The molecule has 1 atom stereocenters. The Labute approximate surface area is 233 Å². The highest BCUT2D eigenvalue weighted by Crippen LogP contribution is 2.47. The van der Waals surface area contributed by atoms with Crippen LogP contribution in [0.25, 0.3) is 22.3 Å². The lowest BCUT2D eigenvalue weighted by molar-refractivity contribution is -0.131. The van der Waals surface area contributed by atoms with Gasteiger partial charge in [-0.2, -0.15) is 0 Å². The van der Waals surface area contributed by atoms with Gasteiger partial charge in [-0.25, -0.2) is 14.0 Å². The van der Waals surface area contributed by atoms with Gasteiger partial charge in [-0.15, -0.1) is 0 Å². The van der Waals surface area contributed by atoms with Gasteiger partial charge in [0, 0.05) is 28.7 Å². The fourth-order valence-corrected chi connectivity index (χ4v) is 4.78. The molecule has 4 rings (SSSR count). The fourth-order valence-electron chi connectivity index (χ4n) is 4.78. The van der Waals surface area contributed by atoms with Crippen LogP contribution in [0.3, 0.4) is 0 Å². The molecule has 0 aromatic heterocycles. The number of rotatable bonds is 9. The fraction of sp³-hybridized carbons (Fsp3) is 0.206. The summed E-state index contributed by atoms with van der Waals surface area (Å²) in [7, 11) is 0. The van der Waals surface area contributed by atoms with Crippen LogP contribution in [0, 0.1) is 5.82 Å². The average molecular weight is 539 g/mol. The first kappa shape index (κ1) is 28.4. The Hall–Kier alpha value is -4.58.